The largest absolute Gasteiger partial charge is 0.314 e. The van der Waals surface area contributed by atoms with Crippen LogP contribution in [0.2, 0.25) is 0 Å². The quantitative estimate of drug-likeness (QED) is 0.748. The number of hydrogen-bond acceptors (Lipinski definition) is 2. The van der Waals surface area contributed by atoms with Crippen LogP contribution < -0.4 is 5.32 Å². The molecule has 1 aromatic heterocycles. The highest BCUT2D eigenvalue weighted by Gasteiger charge is 2.22. The van der Waals surface area contributed by atoms with Crippen LogP contribution in [0.25, 0.3) is 0 Å². The van der Waals surface area contributed by atoms with Crippen LogP contribution in [0.1, 0.15) is 64.0 Å². The van der Waals surface area contributed by atoms with E-state index in [2.05, 4.69) is 29.4 Å². The number of nitrogens with zero attached hydrogens (tertiary/aromatic N) is 1. The van der Waals surface area contributed by atoms with Gasteiger partial charge in [0.25, 0.3) is 0 Å². The third-order valence-corrected chi connectivity index (χ3v) is 4.56. The van der Waals surface area contributed by atoms with E-state index in [9.17, 15) is 0 Å². The van der Waals surface area contributed by atoms with E-state index in [1.54, 1.807) is 0 Å². The first kappa shape index (κ1) is 15.5. The predicted molar refractivity (Wildman–Crippen MR) is 85.8 cm³/mol. The van der Waals surface area contributed by atoms with Gasteiger partial charge in [-0.1, -0.05) is 38.7 Å². The predicted octanol–water partition coefficient (Wildman–Crippen LogP) is 4.35. The van der Waals surface area contributed by atoms with Crippen molar-refractivity contribution in [1.82, 2.24) is 10.3 Å². The Hall–Kier alpha value is -0.890. The summed E-state index contributed by atoms with van der Waals surface area (Å²) in [6, 6.07) is 6.95. The monoisotopic (exact) mass is 274 g/mol. The van der Waals surface area contributed by atoms with Gasteiger partial charge >= 0.3 is 0 Å². The lowest BCUT2D eigenvalue weighted by molar-refractivity contribution is 0.304. The van der Waals surface area contributed by atoms with Crippen LogP contribution >= 0.6 is 0 Å². The zero-order chi connectivity index (χ0) is 14.0. The zero-order valence-corrected chi connectivity index (χ0v) is 13.0. The van der Waals surface area contributed by atoms with Crippen molar-refractivity contribution in [2.24, 2.45) is 5.92 Å². The molecule has 20 heavy (non-hydrogen) atoms. The summed E-state index contributed by atoms with van der Waals surface area (Å²) in [5.74, 6) is 0.882. The molecule has 1 saturated carbocycles. The average molecular weight is 274 g/mol. The number of nitrogens with one attached hydrogen (secondary N) is 1. The van der Waals surface area contributed by atoms with Gasteiger partial charge in [-0.15, -0.1) is 0 Å². The number of hydrogen-bond donors (Lipinski definition) is 1. The molecule has 2 nitrogen and oxygen atoms in total. The second-order valence-electron chi connectivity index (χ2n) is 6.17. The highest BCUT2D eigenvalue weighted by Crippen LogP contribution is 2.27. The summed E-state index contributed by atoms with van der Waals surface area (Å²) in [6.45, 7) is 3.42. The van der Waals surface area contributed by atoms with Crippen molar-refractivity contribution < 1.29 is 0 Å². The second-order valence-corrected chi connectivity index (χ2v) is 6.17. The first-order valence-corrected chi connectivity index (χ1v) is 8.53. The Morgan fingerprint density at radius 3 is 2.65 bits per heavy atom. The normalized spacial score (nSPS) is 18.6. The van der Waals surface area contributed by atoms with E-state index in [1.807, 2.05) is 12.3 Å². The van der Waals surface area contributed by atoms with Gasteiger partial charge in [-0.25, -0.2) is 0 Å². The molecule has 0 radical (unpaired) electrons. The molecular formula is C18H30N2. The van der Waals surface area contributed by atoms with E-state index in [1.165, 1.54) is 57.1 Å². The SMILES string of the molecule is CCCNC(CCc1ccccn1)C1CCCCCC1. The average Bonchev–Trinajstić information content (AvgIpc) is 2.78. The fraction of sp³-hybridized carbons (Fsp3) is 0.722. The summed E-state index contributed by atoms with van der Waals surface area (Å²) < 4.78 is 0. The fourth-order valence-corrected chi connectivity index (χ4v) is 3.40. The van der Waals surface area contributed by atoms with E-state index in [-0.39, 0.29) is 0 Å². The molecule has 112 valence electrons. The Balaban J connectivity index is 1.88. The van der Waals surface area contributed by atoms with Crippen molar-refractivity contribution in [3.05, 3.63) is 30.1 Å². The summed E-state index contributed by atoms with van der Waals surface area (Å²) >= 11 is 0. The second kappa shape index (κ2) is 9.12. The van der Waals surface area contributed by atoms with Gasteiger partial charge in [0.15, 0.2) is 0 Å². The first-order valence-electron chi connectivity index (χ1n) is 8.53. The smallest absolute Gasteiger partial charge is 0.0404 e. The van der Waals surface area contributed by atoms with Crippen molar-refractivity contribution in [3.8, 4) is 0 Å². The molecule has 1 aliphatic carbocycles. The van der Waals surface area contributed by atoms with Crippen LogP contribution in [-0.2, 0) is 6.42 Å². The highest BCUT2D eigenvalue weighted by molar-refractivity contribution is 5.04. The molecule has 1 aliphatic rings. The minimum atomic E-state index is 0.690. The van der Waals surface area contributed by atoms with Gasteiger partial charge in [0.1, 0.15) is 0 Å². The maximum absolute atomic E-state index is 4.47. The highest BCUT2D eigenvalue weighted by atomic mass is 14.9. The third kappa shape index (κ3) is 5.24. The van der Waals surface area contributed by atoms with Crippen LogP contribution in [0, 0.1) is 5.92 Å². The summed E-state index contributed by atoms with van der Waals surface area (Å²) in [4.78, 5) is 4.47. The fourth-order valence-electron chi connectivity index (χ4n) is 3.40. The molecule has 2 rings (SSSR count). The topological polar surface area (TPSA) is 24.9 Å². The van der Waals surface area contributed by atoms with E-state index in [4.69, 9.17) is 0 Å². The zero-order valence-electron chi connectivity index (χ0n) is 13.0. The molecule has 1 fully saturated rings. The van der Waals surface area contributed by atoms with E-state index >= 15 is 0 Å². The Kier molecular flexibility index (Phi) is 7.07. The van der Waals surface area contributed by atoms with Gasteiger partial charge in [0, 0.05) is 17.9 Å². The lowest BCUT2D eigenvalue weighted by atomic mass is 9.88. The van der Waals surface area contributed by atoms with Crippen LogP contribution in [-0.4, -0.2) is 17.6 Å². The van der Waals surface area contributed by atoms with Gasteiger partial charge < -0.3 is 5.32 Å². The van der Waals surface area contributed by atoms with Crippen molar-refractivity contribution in [1.29, 1.82) is 0 Å². The molecular weight excluding hydrogens is 244 g/mol. The van der Waals surface area contributed by atoms with Crippen molar-refractivity contribution in [2.45, 2.75) is 70.8 Å². The maximum Gasteiger partial charge on any atom is 0.0404 e. The molecule has 1 aromatic rings. The van der Waals surface area contributed by atoms with Crippen molar-refractivity contribution >= 4 is 0 Å². The molecule has 0 bridgehead atoms. The Morgan fingerprint density at radius 1 is 1.20 bits per heavy atom. The van der Waals surface area contributed by atoms with Crippen LogP contribution in [0.4, 0.5) is 0 Å². The van der Waals surface area contributed by atoms with Gasteiger partial charge in [-0.3, -0.25) is 4.98 Å². The first-order chi connectivity index (χ1) is 9.90. The third-order valence-electron chi connectivity index (χ3n) is 4.56. The van der Waals surface area contributed by atoms with E-state index < -0.39 is 0 Å². The maximum atomic E-state index is 4.47. The molecule has 2 heteroatoms. The molecule has 1 unspecified atom stereocenters. The molecule has 1 atom stereocenters. The van der Waals surface area contributed by atoms with Crippen LogP contribution in [0.15, 0.2) is 24.4 Å². The lowest BCUT2D eigenvalue weighted by Gasteiger charge is -2.27. The van der Waals surface area contributed by atoms with Crippen LogP contribution in [0.3, 0.4) is 0 Å². The molecule has 1 N–H and O–H groups in total. The molecule has 0 spiro atoms. The molecule has 0 aliphatic heterocycles. The number of aromatic nitrogens is 1. The summed E-state index contributed by atoms with van der Waals surface area (Å²) in [5, 5.41) is 3.81. The Morgan fingerprint density at radius 2 is 2.00 bits per heavy atom. The van der Waals surface area contributed by atoms with Crippen molar-refractivity contribution in [3.63, 3.8) is 0 Å². The number of rotatable bonds is 7. The van der Waals surface area contributed by atoms with E-state index in [0.29, 0.717) is 6.04 Å². The molecule has 0 aromatic carbocycles. The standard InChI is InChI=1S/C18H30N2/c1-2-14-20-18(16-9-5-3-4-6-10-16)13-12-17-11-7-8-15-19-17/h7-8,11,15-16,18,20H,2-6,9-10,12-14H2,1H3. The van der Waals surface area contributed by atoms with Gasteiger partial charge in [-0.2, -0.15) is 0 Å². The lowest BCUT2D eigenvalue weighted by Crippen LogP contribution is -2.37. The summed E-state index contributed by atoms with van der Waals surface area (Å²) in [7, 11) is 0. The molecule has 1 heterocycles. The number of aryl methyl sites for hydroxylation is 1. The minimum absolute atomic E-state index is 0.690. The Bertz CT molecular complexity index is 342. The van der Waals surface area contributed by atoms with Gasteiger partial charge in [0.2, 0.25) is 0 Å². The van der Waals surface area contributed by atoms with E-state index in [0.717, 1.165) is 18.9 Å². The summed E-state index contributed by atoms with van der Waals surface area (Å²) in [6.07, 6.45) is 14.1. The Labute approximate surface area is 124 Å². The van der Waals surface area contributed by atoms with Gasteiger partial charge in [-0.05, 0) is 56.7 Å². The number of pyridine rings is 1. The van der Waals surface area contributed by atoms with Crippen molar-refractivity contribution in [2.75, 3.05) is 6.54 Å². The van der Waals surface area contributed by atoms with Gasteiger partial charge in [0.05, 0.1) is 0 Å². The molecule has 0 amide bonds. The molecule has 0 saturated heterocycles. The summed E-state index contributed by atoms with van der Waals surface area (Å²) in [5.41, 5.74) is 1.24. The van der Waals surface area contributed by atoms with Crippen LogP contribution in [0.5, 0.6) is 0 Å². The minimum Gasteiger partial charge on any atom is -0.314 e.